The molecule has 1 N–H and O–H groups in total. The van der Waals surface area contributed by atoms with Gasteiger partial charge in [-0.05, 0) is 24.3 Å². The highest BCUT2D eigenvalue weighted by Gasteiger charge is 2.11. The van der Waals surface area contributed by atoms with E-state index in [1.165, 1.54) is 0 Å². The van der Waals surface area contributed by atoms with Crippen LogP contribution in [0.2, 0.25) is 0 Å². The fourth-order valence-corrected chi connectivity index (χ4v) is 2.37. The summed E-state index contributed by atoms with van der Waals surface area (Å²) in [5.41, 5.74) is 2.84. The number of hydrogen-bond donors (Lipinski definition) is 1. The second kappa shape index (κ2) is 6.49. The summed E-state index contributed by atoms with van der Waals surface area (Å²) in [4.78, 5) is 4.31. The fraction of sp³-hybridized carbons (Fsp3) is 0.235. The highest BCUT2D eigenvalue weighted by Crippen LogP contribution is 2.33. The van der Waals surface area contributed by atoms with Crippen molar-refractivity contribution in [3.05, 3.63) is 48.8 Å². The van der Waals surface area contributed by atoms with Crippen molar-refractivity contribution in [3.63, 3.8) is 0 Å². The Bertz CT molecular complexity index is 767. The molecule has 0 fully saturated rings. The molecule has 1 aromatic carbocycles. The molecular formula is C17H18N2O3. The first-order valence-electron chi connectivity index (χ1n) is 7.17. The summed E-state index contributed by atoms with van der Waals surface area (Å²) in [6, 6.07) is 11.7. The van der Waals surface area contributed by atoms with E-state index in [0.717, 1.165) is 28.4 Å². The molecule has 0 saturated heterocycles. The Morgan fingerprint density at radius 2 is 2.14 bits per heavy atom. The number of pyridine rings is 1. The number of hydrogen-bond acceptors (Lipinski definition) is 4. The molecule has 22 heavy (non-hydrogen) atoms. The van der Waals surface area contributed by atoms with Crippen LogP contribution in [0.3, 0.4) is 0 Å². The van der Waals surface area contributed by atoms with Gasteiger partial charge >= 0.3 is 0 Å². The van der Waals surface area contributed by atoms with E-state index in [-0.39, 0.29) is 6.61 Å². The van der Waals surface area contributed by atoms with Crippen molar-refractivity contribution in [1.29, 1.82) is 0 Å². The van der Waals surface area contributed by atoms with E-state index in [2.05, 4.69) is 4.98 Å². The molecule has 3 aromatic rings. The third-order valence-corrected chi connectivity index (χ3v) is 3.45. The largest absolute Gasteiger partial charge is 0.497 e. The minimum atomic E-state index is 0.108. The number of aliphatic hydroxyl groups excluding tert-OH is 1. The van der Waals surface area contributed by atoms with Gasteiger partial charge in [-0.3, -0.25) is 4.40 Å². The predicted molar refractivity (Wildman–Crippen MR) is 84.4 cm³/mol. The van der Waals surface area contributed by atoms with Crippen molar-refractivity contribution in [1.82, 2.24) is 9.38 Å². The van der Waals surface area contributed by atoms with E-state index in [9.17, 15) is 0 Å². The summed E-state index contributed by atoms with van der Waals surface area (Å²) in [7, 11) is 1.63. The predicted octanol–water partition coefficient (Wildman–Crippen LogP) is 2.77. The van der Waals surface area contributed by atoms with Crippen LogP contribution in [0, 0.1) is 0 Å². The number of ether oxygens (including phenoxy) is 2. The van der Waals surface area contributed by atoms with Crippen LogP contribution in [-0.2, 0) is 0 Å². The average Bonchev–Trinajstić information content (AvgIpc) is 3.03. The molecule has 0 spiro atoms. The normalized spacial score (nSPS) is 10.8. The molecule has 0 radical (unpaired) electrons. The van der Waals surface area contributed by atoms with Crippen LogP contribution in [0.5, 0.6) is 11.5 Å². The fourth-order valence-electron chi connectivity index (χ4n) is 2.37. The van der Waals surface area contributed by atoms with Gasteiger partial charge in [0.1, 0.15) is 17.1 Å². The van der Waals surface area contributed by atoms with Crippen LogP contribution in [0.4, 0.5) is 0 Å². The molecule has 0 bridgehead atoms. The van der Waals surface area contributed by atoms with Crippen LogP contribution in [0.25, 0.3) is 16.9 Å². The molecule has 0 saturated carbocycles. The topological polar surface area (TPSA) is 56.0 Å². The van der Waals surface area contributed by atoms with Gasteiger partial charge in [0.05, 0.1) is 19.4 Å². The molecule has 0 aliphatic carbocycles. The number of imidazole rings is 1. The number of nitrogens with zero attached hydrogens (tertiary/aromatic N) is 2. The minimum absolute atomic E-state index is 0.108. The zero-order valence-electron chi connectivity index (χ0n) is 12.4. The van der Waals surface area contributed by atoms with Crippen molar-refractivity contribution in [2.24, 2.45) is 0 Å². The summed E-state index contributed by atoms with van der Waals surface area (Å²) in [6.07, 6.45) is 4.28. The molecule has 3 rings (SSSR count). The number of benzene rings is 1. The number of rotatable bonds is 6. The minimum Gasteiger partial charge on any atom is -0.497 e. The first-order valence-corrected chi connectivity index (χ1v) is 7.17. The lowest BCUT2D eigenvalue weighted by molar-refractivity contribution is 0.233. The summed E-state index contributed by atoms with van der Waals surface area (Å²) in [5.74, 6) is 1.47. The maximum Gasteiger partial charge on any atom is 0.137 e. The molecule has 0 atom stereocenters. The van der Waals surface area contributed by atoms with Gasteiger partial charge in [-0.1, -0.05) is 6.07 Å². The Kier molecular flexibility index (Phi) is 4.25. The molecular weight excluding hydrogens is 280 g/mol. The smallest absolute Gasteiger partial charge is 0.137 e. The molecule has 2 heterocycles. The molecule has 5 heteroatoms. The third kappa shape index (κ3) is 2.76. The highest BCUT2D eigenvalue weighted by atomic mass is 16.5. The first-order chi connectivity index (χ1) is 10.8. The number of fused-ring (bicyclic) bond motifs is 1. The number of aliphatic hydroxyl groups is 1. The Hall–Kier alpha value is -2.53. The van der Waals surface area contributed by atoms with Crippen molar-refractivity contribution < 1.29 is 14.6 Å². The van der Waals surface area contributed by atoms with Crippen LogP contribution in [0.1, 0.15) is 6.42 Å². The van der Waals surface area contributed by atoms with Gasteiger partial charge in [0.25, 0.3) is 0 Å². The third-order valence-electron chi connectivity index (χ3n) is 3.45. The molecule has 2 aromatic heterocycles. The summed E-state index contributed by atoms with van der Waals surface area (Å²) in [5, 5.41) is 8.93. The standard InChI is InChI=1S/C17H18N2O3/c1-21-13-6-7-14(16(12-13)22-11-3-10-20)15-4-2-5-17-18-8-9-19(15)17/h2,4-9,12,20H,3,10-11H2,1H3. The monoisotopic (exact) mass is 298 g/mol. The van der Waals surface area contributed by atoms with Crippen molar-refractivity contribution >= 4 is 5.65 Å². The SMILES string of the molecule is COc1ccc(-c2cccc3nccn23)c(OCCCO)c1. The lowest BCUT2D eigenvalue weighted by Gasteiger charge is -2.14. The van der Waals surface area contributed by atoms with E-state index in [4.69, 9.17) is 14.6 Å². The Labute approximate surface area is 128 Å². The van der Waals surface area contributed by atoms with E-state index in [1.807, 2.05) is 47.0 Å². The Morgan fingerprint density at radius 3 is 2.95 bits per heavy atom. The maximum atomic E-state index is 8.93. The van der Waals surface area contributed by atoms with Gasteiger partial charge < -0.3 is 14.6 Å². The van der Waals surface area contributed by atoms with Crippen LogP contribution >= 0.6 is 0 Å². The number of methoxy groups -OCH3 is 1. The Balaban J connectivity index is 2.06. The quantitative estimate of drug-likeness (QED) is 0.711. The summed E-state index contributed by atoms with van der Waals surface area (Å²) >= 11 is 0. The number of aromatic nitrogens is 2. The van der Waals surface area contributed by atoms with Gasteiger partial charge in [0, 0.05) is 37.1 Å². The van der Waals surface area contributed by atoms with E-state index in [0.29, 0.717) is 13.0 Å². The van der Waals surface area contributed by atoms with Crippen LogP contribution in [-0.4, -0.2) is 34.8 Å². The van der Waals surface area contributed by atoms with Crippen LogP contribution < -0.4 is 9.47 Å². The van der Waals surface area contributed by atoms with Crippen LogP contribution in [0.15, 0.2) is 48.8 Å². The lowest BCUT2D eigenvalue weighted by Crippen LogP contribution is -2.02. The van der Waals surface area contributed by atoms with Gasteiger partial charge in [0.2, 0.25) is 0 Å². The first kappa shape index (κ1) is 14.4. The van der Waals surface area contributed by atoms with Crippen molar-refractivity contribution in [2.45, 2.75) is 6.42 Å². The van der Waals surface area contributed by atoms with Crippen molar-refractivity contribution in [2.75, 3.05) is 20.3 Å². The zero-order chi connectivity index (χ0) is 15.4. The van der Waals surface area contributed by atoms with E-state index < -0.39 is 0 Å². The van der Waals surface area contributed by atoms with Gasteiger partial charge in [-0.15, -0.1) is 0 Å². The van der Waals surface area contributed by atoms with Gasteiger partial charge in [-0.25, -0.2) is 4.98 Å². The van der Waals surface area contributed by atoms with Crippen molar-refractivity contribution in [3.8, 4) is 22.8 Å². The average molecular weight is 298 g/mol. The van der Waals surface area contributed by atoms with E-state index in [1.54, 1.807) is 13.3 Å². The maximum absolute atomic E-state index is 8.93. The summed E-state index contributed by atoms with van der Waals surface area (Å²) < 4.78 is 13.1. The molecule has 5 nitrogen and oxygen atoms in total. The molecule has 114 valence electrons. The van der Waals surface area contributed by atoms with E-state index >= 15 is 0 Å². The molecule has 0 amide bonds. The second-order valence-corrected chi connectivity index (χ2v) is 4.85. The molecule has 0 aliphatic rings. The van der Waals surface area contributed by atoms with Gasteiger partial charge in [-0.2, -0.15) is 0 Å². The lowest BCUT2D eigenvalue weighted by atomic mass is 10.1. The second-order valence-electron chi connectivity index (χ2n) is 4.85. The molecule has 0 unspecified atom stereocenters. The summed E-state index contributed by atoms with van der Waals surface area (Å²) in [6.45, 7) is 0.562. The van der Waals surface area contributed by atoms with Gasteiger partial charge in [0.15, 0.2) is 0 Å². The zero-order valence-corrected chi connectivity index (χ0v) is 12.4. The Morgan fingerprint density at radius 1 is 1.23 bits per heavy atom. The molecule has 0 aliphatic heterocycles. The highest BCUT2D eigenvalue weighted by molar-refractivity contribution is 5.71.